The van der Waals surface area contributed by atoms with E-state index in [9.17, 15) is 0 Å². The van der Waals surface area contributed by atoms with Crippen molar-refractivity contribution >= 4 is 28.8 Å². The van der Waals surface area contributed by atoms with E-state index in [0.29, 0.717) is 0 Å². The van der Waals surface area contributed by atoms with Crippen LogP contribution in [-0.2, 0) is 0 Å². The second-order valence-corrected chi connectivity index (χ2v) is 4.00. The Balaban J connectivity index is 2.82. The van der Waals surface area contributed by atoms with E-state index in [1.165, 1.54) is 0 Å². The molecule has 9 heavy (non-hydrogen) atoms. The van der Waals surface area contributed by atoms with Crippen molar-refractivity contribution in [2.24, 2.45) is 15.2 Å². The van der Waals surface area contributed by atoms with Crippen molar-refractivity contribution in [2.75, 3.05) is 0 Å². The van der Waals surface area contributed by atoms with Crippen LogP contribution in [0.3, 0.4) is 0 Å². The van der Waals surface area contributed by atoms with Crippen LogP contribution in [0, 0.1) is 0 Å². The van der Waals surface area contributed by atoms with Gasteiger partial charge < -0.3 is 0 Å². The minimum absolute atomic E-state index is 0.263. The smallest absolute Gasteiger partial charge is 0.164 e. The van der Waals surface area contributed by atoms with Crippen LogP contribution in [0.25, 0.3) is 0 Å². The second-order valence-electron chi connectivity index (χ2n) is 1.82. The largest absolute Gasteiger partial charge is 0.264 e. The van der Waals surface area contributed by atoms with Crippen molar-refractivity contribution in [3.05, 3.63) is 12.4 Å². The Morgan fingerprint density at radius 2 is 2.22 bits per heavy atom. The second kappa shape index (κ2) is 2.55. The fourth-order valence-electron chi connectivity index (χ4n) is 0.419. The lowest BCUT2D eigenvalue weighted by atomic mass is 10.4. The van der Waals surface area contributed by atoms with E-state index in [1.807, 2.05) is 6.92 Å². The molecule has 0 N–H and O–H groups in total. The van der Waals surface area contributed by atoms with Crippen molar-refractivity contribution in [2.45, 2.75) is 10.5 Å². The van der Waals surface area contributed by atoms with Gasteiger partial charge in [-0.2, -0.15) is 10.2 Å². The lowest BCUT2D eigenvalue weighted by Gasteiger charge is -2.05. The van der Waals surface area contributed by atoms with Gasteiger partial charge in [-0.05, 0) is 29.5 Å². The molecular formula is C5H6IN3. The minimum atomic E-state index is -0.263. The van der Waals surface area contributed by atoms with Crippen LogP contribution >= 0.6 is 22.6 Å². The minimum Gasteiger partial charge on any atom is -0.264 e. The Morgan fingerprint density at radius 3 is 3.00 bits per heavy atom. The summed E-state index contributed by atoms with van der Waals surface area (Å²) in [6, 6.07) is 0. The maximum atomic E-state index is 3.93. The highest BCUT2D eigenvalue weighted by atomic mass is 127. The topological polar surface area (TPSA) is 37.1 Å². The van der Waals surface area contributed by atoms with Gasteiger partial charge in [-0.15, -0.1) is 0 Å². The van der Waals surface area contributed by atoms with Crippen LogP contribution in [0.2, 0.25) is 0 Å². The zero-order chi connectivity index (χ0) is 6.74. The molecule has 3 nitrogen and oxygen atoms in total. The van der Waals surface area contributed by atoms with E-state index in [2.05, 4.69) is 37.8 Å². The molecule has 1 aliphatic rings. The normalized spacial score (nSPS) is 32.7. The Bertz CT molecular complexity index is 163. The van der Waals surface area contributed by atoms with Crippen LogP contribution in [0.4, 0.5) is 0 Å². The lowest BCUT2D eigenvalue weighted by molar-refractivity contribution is 0.882. The van der Waals surface area contributed by atoms with Crippen LogP contribution in [-0.4, -0.2) is 9.76 Å². The molecule has 0 amide bonds. The van der Waals surface area contributed by atoms with Crippen molar-refractivity contribution in [3.63, 3.8) is 0 Å². The monoisotopic (exact) mass is 235 g/mol. The van der Waals surface area contributed by atoms with E-state index in [4.69, 9.17) is 0 Å². The first-order valence-corrected chi connectivity index (χ1v) is 3.59. The van der Waals surface area contributed by atoms with Crippen molar-refractivity contribution < 1.29 is 0 Å². The maximum Gasteiger partial charge on any atom is 0.164 e. The van der Waals surface area contributed by atoms with E-state index in [0.717, 1.165) is 0 Å². The van der Waals surface area contributed by atoms with Crippen LogP contribution in [0.5, 0.6) is 0 Å². The number of aliphatic imine (C=N–C) groups is 1. The Morgan fingerprint density at radius 1 is 1.44 bits per heavy atom. The standard InChI is InChI=1S/C5H6IN3/c1-5(6)4-7-2-3-8-9-5/h2-4H,1H3. The molecule has 0 aromatic heterocycles. The summed E-state index contributed by atoms with van der Waals surface area (Å²) in [5.41, 5.74) is 0. The molecule has 1 unspecified atom stereocenters. The van der Waals surface area contributed by atoms with Crippen LogP contribution in [0.1, 0.15) is 6.92 Å². The highest BCUT2D eigenvalue weighted by Gasteiger charge is 2.15. The molecule has 0 bridgehead atoms. The SMILES string of the molecule is CC1(I)C=NC=CN=N1. The number of rotatable bonds is 0. The molecule has 0 aromatic rings. The first-order chi connectivity index (χ1) is 4.21. The van der Waals surface area contributed by atoms with Gasteiger partial charge in [0.25, 0.3) is 0 Å². The van der Waals surface area contributed by atoms with Gasteiger partial charge in [-0.1, -0.05) is 0 Å². The molecule has 1 heterocycles. The Kier molecular flexibility index (Phi) is 1.94. The maximum absolute atomic E-state index is 3.93. The van der Waals surface area contributed by atoms with Gasteiger partial charge in [-0.25, -0.2) is 0 Å². The summed E-state index contributed by atoms with van der Waals surface area (Å²) in [5.74, 6) is 0. The Hall–Kier alpha value is -0.260. The van der Waals surface area contributed by atoms with Crippen molar-refractivity contribution in [3.8, 4) is 0 Å². The molecule has 1 rings (SSSR count). The van der Waals surface area contributed by atoms with Gasteiger partial charge in [0.1, 0.15) is 0 Å². The summed E-state index contributed by atoms with van der Waals surface area (Å²) in [4.78, 5) is 3.92. The number of hydrogen-bond donors (Lipinski definition) is 0. The van der Waals surface area contributed by atoms with Crippen LogP contribution < -0.4 is 0 Å². The number of azo groups is 1. The van der Waals surface area contributed by atoms with Gasteiger partial charge in [0.2, 0.25) is 0 Å². The van der Waals surface area contributed by atoms with Gasteiger partial charge in [0.05, 0.1) is 6.20 Å². The van der Waals surface area contributed by atoms with Gasteiger partial charge in [0, 0.05) is 12.4 Å². The molecular weight excluding hydrogens is 229 g/mol. The number of halogens is 1. The van der Waals surface area contributed by atoms with E-state index in [-0.39, 0.29) is 3.55 Å². The number of nitrogens with zero attached hydrogens (tertiary/aromatic N) is 3. The molecule has 48 valence electrons. The molecule has 0 saturated carbocycles. The van der Waals surface area contributed by atoms with Gasteiger partial charge in [-0.3, -0.25) is 4.99 Å². The third-order valence-electron chi connectivity index (χ3n) is 0.783. The Labute approximate surface area is 67.1 Å². The third kappa shape index (κ3) is 2.21. The molecule has 0 aromatic carbocycles. The highest BCUT2D eigenvalue weighted by molar-refractivity contribution is 14.1. The fraction of sp³-hybridized carbons (Fsp3) is 0.400. The molecule has 0 spiro atoms. The van der Waals surface area contributed by atoms with E-state index >= 15 is 0 Å². The lowest BCUT2D eigenvalue weighted by Crippen LogP contribution is -2.11. The first-order valence-electron chi connectivity index (χ1n) is 2.51. The predicted octanol–water partition coefficient (Wildman–Crippen LogP) is 2.15. The van der Waals surface area contributed by atoms with E-state index in [1.54, 1.807) is 18.6 Å². The molecule has 1 aliphatic heterocycles. The quantitative estimate of drug-likeness (QED) is 0.350. The fourth-order valence-corrected chi connectivity index (χ4v) is 0.705. The number of hydrogen-bond acceptors (Lipinski definition) is 3. The molecule has 1 atom stereocenters. The average molecular weight is 235 g/mol. The number of alkyl halides is 1. The zero-order valence-corrected chi connectivity index (χ0v) is 7.11. The summed E-state index contributed by atoms with van der Waals surface area (Å²) >= 11 is 2.17. The molecule has 0 saturated heterocycles. The molecule has 0 aliphatic carbocycles. The predicted molar refractivity (Wildman–Crippen MR) is 44.9 cm³/mol. The highest BCUT2D eigenvalue weighted by Crippen LogP contribution is 2.18. The first kappa shape index (κ1) is 6.85. The summed E-state index contributed by atoms with van der Waals surface area (Å²) in [6.45, 7) is 1.94. The van der Waals surface area contributed by atoms with Gasteiger partial charge in [0.15, 0.2) is 3.55 Å². The summed E-state index contributed by atoms with van der Waals surface area (Å²) in [6.07, 6.45) is 4.94. The molecule has 4 heteroatoms. The zero-order valence-electron chi connectivity index (χ0n) is 4.95. The average Bonchev–Trinajstić information content (AvgIpc) is 1.92. The summed E-state index contributed by atoms with van der Waals surface area (Å²) in [7, 11) is 0. The summed E-state index contributed by atoms with van der Waals surface area (Å²) in [5, 5.41) is 7.67. The summed E-state index contributed by atoms with van der Waals surface area (Å²) < 4.78 is -0.263. The van der Waals surface area contributed by atoms with E-state index < -0.39 is 0 Å². The molecule has 0 fully saturated rings. The van der Waals surface area contributed by atoms with Gasteiger partial charge >= 0.3 is 0 Å². The van der Waals surface area contributed by atoms with Crippen LogP contribution in [0.15, 0.2) is 27.6 Å². The van der Waals surface area contributed by atoms with Crippen molar-refractivity contribution in [1.29, 1.82) is 0 Å². The molecule has 0 radical (unpaired) electrons. The third-order valence-corrected chi connectivity index (χ3v) is 1.28. The van der Waals surface area contributed by atoms with Crippen molar-refractivity contribution in [1.82, 2.24) is 0 Å².